The predicted molar refractivity (Wildman–Crippen MR) is 89.1 cm³/mol. The van der Waals surface area contributed by atoms with E-state index >= 15 is 0 Å². The van der Waals surface area contributed by atoms with Crippen LogP contribution in [0.1, 0.15) is 5.56 Å². The summed E-state index contributed by atoms with van der Waals surface area (Å²) in [5.74, 6) is 0.0188. The lowest BCUT2D eigenvalue weighted by atomic mass is 10.2. The van der Waals surface area contributed by atoms with Crippen LogP contribution in [0.3, 0.4) is 0 Å². The second-order valence-electron chi connectivity index (χ2n) is 4.18. The summed E-state index contributed by atoms with van der Waals surface area (Å²) in [5, 5.41) is 5.21. The molecular weight excluding hydrogens is 347 g/mol. The van der Waals surface area contributed by atoms with E-state index in [-0.39, 0.29) is 6.61 Å². The second-order valence-corrected chi connectivity index (χ2v) is 5.43. The average Bonchev–Trinajstić information content (AvgIpc) is 2.49. The normalized spacial score (nSPS) is 10.7. The van der Waals surface area contributed by atoms with Gasteiger partial charge in [0.25, 0.3) is 5.91 Å². The summed E-state index contributed by atoms with van der Waals surface area (Å²) in [6, 6.07) is 11.8. The number of halogens is 3. The number of rotatable bonds is 5. The van der Waals surface area contributed by atoms with Gasteiger partial charge in [0.2, 0.25) is 0 Å². The standard InChI is InChI=1S/C15H11Cl3N2O2/c16-11-6-5-10(13(18)7-11)8-19-20-15(21)9-22-14-4-2-1-3-12(14)17/h1-8H,9H2,(H,20,21). The number of carbonyl (C=O) groups excluding carboxylic acids is 1. The van der Waals surface area contributed by atoms with Crippen LogP contribution in [0, 0.1) is 0 Å². The minimum atomic E-state index is -0.416. The lowest BCUT2D eigenvalue weighted by Crippen LogP contribution is -2.24. The molecule has 0 spiro atoms. The van der Waals surface area contributed by atoms with Crippen molar-refractivity contribution < 1.29 is 9.53 Å². The highest BCUT2D eigenvalue weighted by atomic mass is 35.5. The Bertz CT molecular complexity index is 705. The van der Waals surface area contributed by atoms with E-state index in [0.717, 1.165) is 0 Å². The molecule has 0 aliphatic rings. The number of benzene rings is 2. The van der Waals surface area contributed by atoms with Crippen LogP contribution < -0.4 is 10.2 Å². The Morgan fingerprint density at radius 3 is 2.64 bits per heavy atom. The van der Waals surface area contributed by atoms with Crippen molar-refractivity contribution in [3.63, 3.8) is 0 Å². The molecule has 0 aromatic heterocycles. The van der Waals surface area contributed by atoms with E-state index in [0.29, 0.717) is 26.4 Å². The maximum Gasteiger partial charge on any atom is 0.277 e. The minimum Gasteiger partial charge on any atom is -0.482 e. The molecule has 0 aliphatic heterocycles. The van der Waals surface area contributed by atoms with Crippen molar-refractivity contribution in [1.82, 2.24) is 5.43 Å². The van der Waals surface area contributed by atoms with Crippen molar-refractivity contribution in [3.05, 3.63) is 63.1 Å². The monoisotopic (exact) mass is 356 g/mol. The fraction of sp³-hybridized carbons (Fsp3) is 0.0667. The molecule has 0 aliphatic carbocycles. The number of hydrazone groups is 1. The fourth-order valence-electron chi connectivity index (χ4n) is 1.52. The van der Waals surface area contributed by atoms with Gasteiger partial charge in [-0.3, -0.25) is 4.79 Å². The Morgan fingerprint density at radius 1 is 1.14 bits per heavy atom. The second kappa shape index (κ2) is 8.03. The van der Waals surface area contributed by atoms with E-state index in [1.54, 1.807) is 42.5 Å². The molecule has 114 valence electrons. The largest absolute Gasteiger partial charge is 0.482 e. The molecule has 7 heteroatoms. The van der Waals surface area contributed by atoms with Gasteiger partial charge >= 0.3 is 0 Å². The quantitative estimate of drug-likeness (QED) is 0.645. The molecule has 0 saturated carbocycles. The Morgan fingerprint density at radius 2 is 1.91 bits per heavy atom. The van der Waals surface area contributed by atoms with Gasteiger partial charge in [-0.2, -0.15) is 5.10 Å². The summed E-state index contributed by atoms with van der Waals surface area (Å²) >= 11 is 17.7. The Balaban J connectivity index is 1.85. The van der Waals surface area contributed by atoms with Crippen LogP contribution in [-0.2, 0) is 4.79 Å². The summed E-state index contributed by atoms with van der Waals surface area (Å²) in [5.41, 5.74) is 2.97. The van der Waals surface area contributed by atoms with Crippen LogP contribution in [-0.4, -0.2) is 18.7 Å². The third kappa shape index (κ3) is 4.91. The number of ether oxygens (including phenoxy) is 1. The van der Waals surface area contributed by atoms with Gasteiger partial charge in [-0.1, -0.05) is 53.0 Å². The lowest BCUT2D eigenvalue weighted by molar-refractivity contribution is -0.123. The fourth-order valence-corrected chi connectivity index (χ4v) is 2.16. The van der Waals surface area contributed by atoms with E-state index in [2.05, 4.69) is 10.5 Å². The summed E-state index contributed by atoms with van der Waals surface area (Å²) in [4.78, 5) is 11.6. The highest BCUT2D eigenvalue weighted by molar-refractivity contribution is 6.36. The number of nitrogens with zero attached hydrogens (tertiary/aromatic N) is 1. The molecule has 1 N–H and O–H groups in total. The van der Waals surface area contributed by atoms with Crippen molar-refractivity contribution in [1.29, 1.82) is 0 Å². The SMILES string of the molecule is O=C(COc1ccccc1Cl)NN=Cc1ccc(Cl)cc1Cl. The summed E-state index contributed by atoms with van der Waals surface area (Å²) < 4.78 is 5.28. The Labute approximate surface area is 142 Å². The van der Waals surface area contributed by atoms with Crippen LogP contribution in [0.5, 0.6) is 5.75 Å². The molecule has 0 atom stereocenters. The molecule has 0 fully saturated rings. The van der Waals surface area contributed by atoms with Crippen molar-refractivity contribution in [2.24, 2.45) is 5.10 Å². The first-order chi connectivity index (χ1) is 10.6. The molecule has 4 nitrogen and oxygen atoms in total. The third-order valence-electron chi connectivity index (χ3n) is 2.55. The Kier molecular flexibility index (Phi) is 6.07. The molecule has 22 heavy (non-hydrogen) atoms. The van der Waals surface area contributed by atoms with Gasteiger partial charge in [0, 0.05) is 10.6 Å². The number of para-hydroxylation sites is 1. The van der Waals surface area contributed by atoms with Gasteiger partial charge in [0.15, 0.2) is 6.61 Å². The topological polar surface area (TPSA) is 50.7 Å². The number of hydrogen-bond donors (Lipinski definition) is 1. The lowest BCUT2D eigenvalue weighted by Gasteiger charge is -2.06. The zero-order valence-electron chi connectivity index (χ0n) is 11.2. The Hall–Kier alpha value is -1.75. The number of hydrogen-bond acceptors (Lipinski definition) is 3. The van der Waals surface area contributed by atoms with Crippen LogP contribution in [0.25, 0.3) is 0 Å². The smallest absolute Gasteiger partial charge is 0.277 e. The molecule has 0 unspecified atom stereocenters. The molecule has 0 bridgehead atoms. The van der Waals surface area contributed by atoms with Crippen molar-refractivity contribution in [2.45, 2.75) is 0 Å². The van der Waals surface area contributed by atoms with Crippen LogP contribution in [0.4, 0.5) is 0 Å². The van der Waals surface area contributed by atoms with Gasteiger partial charge < -0.3 is 4.74 Å². The molecule has 2 aromatic carbocycles. The number of nitrogens with one attached hydrogen (secondary N) is 1. The van der Waals surface area contributed by atoms with Crippen molar-refractivity contribution in [2.75, 3.05) is 6.61 Å². The first-order valence-electron chi connectivity index (χ1n) is 6.20. The van der Waals surface area contributed by atoms with Gasteiger partial charge in [-0.25, -0.2) is 5.43 Å². The maximum absolute atomic E-state index is 11.6. The maximum atomic E-state index is 11.6. The zero-order valence-corrected chi connectivity index (χ0v) is 13.5. The van der Waals surface area contributed by atoms with Crippen LogP contribution >= 0.6 is 34.8 Å². The number of carbonyl (C=O) groups is 1. The summed E-state index contributed by atoms with van der Waals surface area (Å²) in [7, 11) is 0. The van der Waals surface area contributed by atoms with E-state index in [9.17, 15) is 4.79 Å². The molecule has 0 saturated heterocycles. The first kappa shape index (κ1) is 16.6. The summed E-state index contributed by atoms with van der Waals surface area (Å²) in [6.07, 6.45) is 1.42. The highest BCUT2D eigenvalue weighted by Crippen LogP contribution is 2.22. The zero-order chi connectivity index (χ0) is 15.9. The van der Waals surface area contributed by atoms with Crippen LogP contribution in [0.15, 0.2) is 47.6 Å². The van der Waals surface area contributed by atoms with E-state index in [1.807, 2.05) is 0 Å². The minimum absolute atomic E-state index is 0.199. The van der Waals surface area contributed by atoms with E-state index in [4.69, 9.17) is 39.5 Å². The molecule has 0 heterocycles. The molecule has 2 rings (SSSR count). The molecular formula is C15H11Cl3N2O2. The average molecular weight is 358 g/mol. The van der Waals surface area contributed by atoms with Crippen molar-refractivity contribution >= 4 is 46.9 Å². The van der Waals surface area contributed by atoms with E-state index < -0.39 is 5.91 Å². The summed E-state index contributed by atoms with van der Waals surface area (Å²) in [6.45, 7) is -0.199. The van der Waals surface area contributed by atoms with Crippen LogP contribution in [0.2, 0.25) is 15.1 Å². The number of amides is 1. The van der Waals surface area contributed by atoms with Crippen molar-refractivity contribution in [3.8, 4) is 5.75 Å². The highest BCUT2D eigenvalue weighted by Gasteiger charge is 2.04. The van der Waals surface area contributed by atoms with Gasteiger partial charge in [0.1, 0.15) is 5.75 Å². The molecule has 0 radical (unpaired) electrons. The predicted octanol–water partition coefficient (Wildman–Crippen LogP) is 4.18. The third-order valence-corrected chi connectivity index (χ3v) is 3.43. The van der Waals surface area contributed by atoms with Gasteiger partial charge in [-0.05, 0) is 24.3 Å². The van der Waals surface area contributed by atoms with E-state index in [1.165, 1.54) is 6.21 Å². The van der Waals surface area contributed by atoms with Gasteiger partial charge in [0.05, 0.1) is 16.3 Å². The first-order valence-corrected chi connectivity index (χ1v) is 7.34. The molecule has 2 aromatic rings. The van der Waals surface area contributed by atoms with Gasteiger partial charge in [-0.15, -0.1) is 0 Å². The molecule has 1 amide bonds.